The summed E-state index contributed by atoms with van der Waals surface area (Å²) in [6.07, 6.45) is 2.57. The number of hydrogen-bond donors (Lipinski definition) is 0. The van der Waals surface area contributed by atoms with Crippen LogP contribution in [0.25, 0.3) is 0 Å². The van der Waals surface area contributed by atoms with E-state index in [0.717, 1.165) is 17.0 Å². The zero-order valence-electron chi connectivity index (χ0n) is 10.7. The van der Waals surface area contributed by atoms with E-state index in [-0.39, 0.29) is 5.25 Å². The Morgan fingerprint density at radius 3 is 2.44 bits per heavy atom. The van der Waals surface area contributed by atoms with Gasteiger partial charge in [0.1, 0.15) is 0 Å². The highest BCUT2D eigenvalue weighted by atomic mass is 32.2. The highest BCUT2D eigenvalue weighted by Crippen LogP contribution is 2.26. The fourth-order valence-corrected chi connectivity index (χ4v) is 3.27. The summed E-state index contributed by atoms with van der Waals surface area (Å²) in [7, 11) is -1.04. The lowest BCUT2D eigenvalue weighted by Gasteiger charge is -2.14. The highest BCUT2D eigenvalue weighted by molar-refractivity contribution is 7.85. The van der Waals surface area contributed by atoms with Crippen molar-refractivity contribution in [3.63, 3.8) is 0 Å². The van der Waals surface area contributed by atoms with E-state index < -0.39 is 10.8 Å². The summed E-state index contributed by atoms with van der Waals surface area (Å²) < 4.78 is 12.6. The number of nitrogens with zero attached hydrogens (tertiary/aromatic N) is 1. The van der Waals surface area contributed by atoms with Gasteiger partial charge in [0, 0.05) is 11.1 Å². The molecule has 18 heavy (non-hydrogen) atoms. The van der Waals surface area contributed by atoms with Gasteiger partial charge in [-0.15, -0.1) is 0 Å². The molecule has 0 aliphatic carbocycles. The van der Waals surface area contributed by atoms with E-state index in [9.17, 15) is 4.21 Å². The molecule has 0 saturated carbocycles. The predicted molar refractivity (Wildman–Crippen MR) is 74.9 cm³/mol. The van der Waals surface area contributed by atoms with E-state index in [4.69, 9.17) is 0 Å². The number of aromatic nitrogens is 1. The Bertz CT molecular complexity index is 522. The Morgan fingerprint density at radius 1 is 1.17 bits per heavy atom. The smallest absolute Gasteiger partial charge is 0.0813 e. The number of rotatable bonds is 4. The third-order valence-corrected chi connectivity index (χ3v) is 4.73. The summed E-state index contributed by atoms with van der Waals surface area (Å²) in [5, 5.41) is -0.0334. The molecule has 0 amide bonds. The van der Waals surface area contributed by atoms with Gasteiger partial charge in [-0.3, -0.25) is 9.19 Å². The van der Waals surface area contributed by atoms with Gasteiger partial charge in [-0.25, -0.2) is 0 Å². The minimum absolute atomic E-state index is 0.0334. The molecule has 1 aromatic heterocycles. The van der Waals surface area contributed by atoms with Crippen LogP contribution in [0, 0.1) is 6.92 Å². The molecule has 1 heterocycles. The molecule has 2 aromatic rings. The van der Waals surface area contributed by atoms with Crippen LogP contribution in [0.5, 0.6) is 0 Å². The van der Waals surface area contributed by atoms with E-state index >= 15 is 0 Å². The van der Waals surface area contributed by atoms with Gasteiger partial charge in [0.15, 0.2) is 0 Å². The lowest BCUT2D eigenvalue weighted by atomic mass is 10.2. The molecule has 0 fully saturated rings. The van der Waals surface area contributed by atoms with Gasteiger partial charge in [0.05, 0.1) is 21.7 Å². The zero-order valence-corrected chi connectivity index (χ0v) is 11.5. The van der Waals surface area contributed by atoms with Crippen molar-refractivity contribution in [1.82, 2.24) is 4.98 Å². The van der Waals surface area contributed by atoms with Crippen molar-refractivity contribution in [3.05, 3.63) is 59.9 Å². The Morgan fingerprint density at radius 2 is 1.89 bits per heavy atom. The molecule has 0 spiro atoms. The van der Waals surface area contributed by atoms with E-state index in [1.54, 1.807) is 6.20 Å². The van der Waals surface area contributed by atoms with Gasteiger partial charge < -0.3 is 0 Å². The molecular weight excluding hydrogens is 242 g/mol. The van der Waals surface area contributed by atoms with Crippen LogP contribution in [0.4, 0.5) is 0 Å². The minimum atomic E-state index is -1.04. The topological polar surface area (TPSA) is 30.0 Å². The van der Waals surface area contributed by atoms with Crippen molar-refractivity contribution in [2.45, 2.75) is 30.4 Å². The van der Waals surface area contributed by atoms with Gasteiger partial charge >= 0.3 is 0 Å². The van der Waals surface area contributed by atoms with Crippen molar-refractivity contribution < 1.29 is 4.21 Å². The second-order valence-corrected chi connectivity index (χ2v) is 5.90. The Kier molecular flexibility index (Phi) is 4.26. The number of pyridine rings is 1. The van der Waals surface area contributed by atoms with Crippen molar-refractivity contribution >= 4 is 10.8 Å². The monoisotopic (exact) mass is 259 g/mol. The van der Waals surface area contributed by atoms with E-state index in [1.807, 2.05) is 56.3 Å². The molecular formula is C15H17NOS. The summed E-state index contributed by atoms with van der Waals surface area (Å²) in [6.45, 7) is 4.08. The molecule has 3 heteroatoms. The van der Waals surface area contributed by atoms with Gasteiger partial charge in [0.2, 0.25) is 0 Å². The number of aryl methyl sites for hydroxylation is 1. The van der Waals surface area contributed by atoms with Crippen LogP contribution < -0.4 is 0 Å². The Hall–Kier alpha value is -1.48. The molecule has 0 aliphatic heterocycles. The van der Waals surface area contributed by atoms with Crippen LogP contribution in [-0.2, 0) is 10.8 Å². The average molecular weight is 259 g/mol. The van der Waals surface area contributed by atoms with E-state index in [1.165, 1.54) is 5.56 Å². The first-order chi connectivity index (χ1) is 8.72. The highest BCUT2D eigenvalue weighted by Gasteiger charge is 2.19. The zero-order chi connectivity index (χ0) is 13.0. The van der Waals surface area contributed by atoms with Crippen LogP contribution in [0.1, 0.15) is 29.9 Å². The SMILES string of the molecule is CC[C@H](c1ccccn1)[S@](=O)c1ccc(C)cc1. The molecule has 2 rings (SSSR count). The first-order valence-corrected chi connectivity index (χ1v) is 7.32. The van der Waals surface area contributed by atoms with Crippen molar-refractivity contribution in [2.75, 3.05) is 0 Å². The molecule has 94 valence electrons. The fraction of sp³-hybridized carbons (Fsp3) is 0.267. The van der Waals surface area contributed by atoms with Crippen LogP contribution >= 0.6 is 0 Å². The van der Waals surface area contributed by atoms with Crippen molar-refractivity contribution in [2.24, 2.45) is 0 Å². The second kappa shape index (κ2) is 5.91. The fourth-order valence-electron chi connectivity index (χ4n) is 1.87. The molecule has 0 radical (unpaired) electrons. The molecule has 2 atom stereocenters. The van der Waals surface area contributed by atoms with Gasteiger partial charge in [-0.1, -0.05) is 30.7 Å². The second-order valence-electron chi connectivity index (χ2n) is 4.26. The molecule has 0 bridgehead atoms. The maximum Gasteiger partial charge on any atom is 0.0813 e. The molecule has 2 nitrogen and oxygen atoms in total. The average Bonchev–Trinajstić information content (AvgIpc) is 2.41. The summed E-state index contributed by atoms with van der Waals surface area (Å²) >= 11 is 0. The lowest BCUT2D eigenvalue weighted by molar-refractivity contribution is 0.666. The molecule has 0 saturated heterocycles. The minimum Gasteiger partial charge on any atom is -0.260 e. The summed E-state index contributed by atoms with van der Waals surface area (Å²) in [6, 6.07) is 13.6. The van der Waals surface area contributed by atoms with Crippen LogP contribution in [0.15, 0.2) is 53.6 Å². The normalized spacial score (nSPS) is 14.1. The van der Waals surface area contributed by atoms with Crippen LogP contribution in [0.2, 0.25) is 0 Å². The lowest BCUT2D eigenvalue weighted by Crippen LogP contribution is -2.07. The van der Waals surface area contributed by atoms with Crippen LogP contribution in [-0.4, -0.2) is 9.19 Å². The number of benzene rings is 1. The Balaban J connectivity index is 2.28. The van der Waals surface area contributed by atoms with Crippen molar-refractivity contribution in [3.8, 4) is 0 Å². The first kappa shape index (κ1) is 13.0. The van der Waals surface area contributed by atoms with E-state index in [2.05, 4.69) is 4.98 Å². The maximum absolute atomic E-state index is 12.6. The molecule has 1 aromatic carbocycles. The largest absolute Gasteiger partial charge is 0.260 e. The molecule has 0 aliphatic rings. The predicted octanol–water partition coefficient (Wildman–Crippen LogP) is 3.65. The quantitative estimate of drug-likeness (QED) is 0.839. The van der Waals surface area contributed by atoms with Gasteiger partial charge in [-0.2, -0.15) is 0 Å². The number of hydrogen-bond acceptors (Lipinski definition) is 2. The van der Waals surface area contributed by atoms with Crippen molar-refractivity contribution in [1.29, 1.82) is 0 Å². The third kappa shape index (κ3) is 2.85. The van der Waals surface area contributed by atoms with Gasteiger partial charge in [-0.05, 0) is 37.6 Å². The summed E-state index contributed by atoms with van der Waals surface area (Å²) in [5.74, 6) is 0. The molecule has 0 unspecified atom stereocenters. The third-order valence-electron chi connectivity index (χ3n) is 2.90. The molecule has 0 N–H and O–H groups in total. The summed E-state index contributed by atoms with van der Waals surface area (Å²) in [4.78, 5) is 5.19. The summed E-state index contributed by atoms with van der Waals surface area (Å²) in [5.41, 5.74) is 2.08. The standard InChI is InChI=1S/C15H17NOS/c1-3-15(14-6-4-5-11-16-14)18(17)13-9-7-12(2)8-10-13/h4-11,15H,3H2,1-2H3/t15-,18-/m1/s1. The van der Waals surface area contributed by atoms with Crippen LogP contribution in [0.3, 0.4) is 0 Å². The van der Waals surface area contributed by atoms with E-state index in [0.29, 0.717) is 0 Å². The first-order valence-electron chi connectivity index (χ1n) is 6.10. The Labute approximate surface area is 111 Å². The maximum atomic E-state index is 12.6. The van der Waals surface area contributed by atoms with Gasteiger partial charge in [0.25, 0.3) is 0 Å².